The lowest BCUT2D eigenvalue weighted by Gasteiger charge is -2.21. The number of para-hydroxylation sites is 2. The van der Waals surface area contributed by atoms with Crippen LogP contribution in [0.3, 0.4) is 0 Å². The zero-order chi connectivity index (χ0) is 17.9. The molecule has 1 aliphatic heterocycles. The third-order valence-corrected chi connectivity index (χ3v) is 4.75. The van der Waals surface area contributed by atoms with Crippen LogP contribution in [0.25, 0.3) is 11.3 Å². The summed E-state index contributed by atoms with van der Waals surface area (Å²) >= 11 is 1.53. The topological polar surface area (TPSA) is 69.2 Å². The van der Waals surface area contributed by atoms with Gasteiger partial charge in [-0.3, -0.25) is 0 Å². The van der Waals surface area contributed by atoms with Gasteiger partial charge in [-0.15, -0.1) is 10.2 Å². The Hall–Kier alpha value is -2.80. The molecule has 1 aliphatic rings. The Morgan fingerprint density at radius 2 is 1.92 bits per heavy atom. The Kier molecular flexibility index (Phi) is 4.62. The van der Waals surface area contributed by atoms with Gasteiger partial charge in [0, 0.05) is 11.3 Å². The summed E-state index contributed by atoms with van der Waals surface area (Å²) in [5, 5.41) is 12.6. The molecule has 132 valence electrons. The van der Waals surface area contributed by atoms with Gasteiger partial charge in [0.1, 0.15) is 5.75 Å². The maximum atomic E-state index is 6.24. The number of benzene rings is 2. The van der Waals surface area contributed by atoms with Crippen LogP contribution in [-0.2, 0) is 0 Å². The molecule has 0 spiro atoms. The molecule has 0 radical (unpaired) electrons. The normalized spacial score (nSPS) is 15.1. The summed E-state index contributed by atoms with van der Waals surface area (Å²) in [5.41, 5.74) is 3.34. The first-order valence-corrected chi connectivity index (χ1v) is 9.31. The van der Waals surface area contributed by atoms with Gasteiger partial charge in [0.25, 0.3) is 0 Å². The van der Waals surface area contributed by atoms with Crippen molar-refractivity contribution in [1.82, 2.24) is 15.2 Å². The molecule has 6 nitrogen and oxygen atoms in total. The first-order chi connectivity index (χ1) is 12.8. The van der Waals surface area contributed by atoms with Crippen molar-refractivity contribution in [2.24, 2.45) is 0 Å². The van der Waals surface area contributed by atoms with Crippen LogP contribution in [0, 0.1) is 0 Å². The second kappa shape index (κ2) is 7.21. The number of nitrogens with one attached hydrogen (secondary N) is 1. The van der Waals surface area contributed by atoms with E-state index in [-0.39, 0.29) is 0 Å². The van der Waals surface area contributed by atoms with Crippen LogP contribution < -0.4 is 14.8 Å². The Morgan fingerprint density at radius 3 is 2.77 bits per heavy atom. The van der Waals surface area contributed by atoms with Crippen LogP contribution in [-0.4, -0.2) is 28.0 Å². The Bertz CT molecular complexity index is 935. The second-order valence-corrected chi connectivity index (χ2v) is 6.84. The molecule has 0 amide bonds. The molecule has 0 saturated carbocycles. The monoisotopic (exact) mass is 366 g/mol. The Morgan fingerprint density at radius 1 is 1.12 bits per heavy atom. The van der Waals surface area contributed by atoms with Gasteiger partial charge in [0.05, 0.1) is 12.7 Å². The summed E-state index contributed by atoms with van der Waals surface area (Å²) < 4.78 is 11.7. The number of anilines is 1. The van der Waals surface area contributed by atoms with Gasteiger partial charge < -0.3 is 14.8 Å². The third-order valence-electron chi connectivity index (χ3n) is 4.03. The molecule has 3 aromatic rings. The SMILES string of the molecule is CCSc1nnc2c(n1)O[C@@H](c1ccccc1OC)Nc1ccccc1-2. The molecule has 1 N–H and O–H groups in total. The van der Waals surface area contributed by atoms with E-state index in [9.17, 15) is 0 Å². The fraction of sp³-hybridized carbons (Fsp3) is 0.211. The highest BCUT2D eigenvalue weighted by molar-refractivity contribution is 7.99. The van der Waals surface area contributed by atoms with E-state index in [1.54, 1.807) is 7.11 Å². The minimum absolute atomic E-state index is 0.454. The zero-order valence-electron chi connectivity index (χ0n) is 14.5. The highest BCUT2D eigenvalue weighted by atomic mass is 32.2. The smallest absolute Gasteiger partial charge is 0.247 e. The summed E-state index contributed by atoms with van der Waals surface area (Å²) in [4.78, 5) is 4.58. The molecular formula is C19H18N4O2S. The van der Waals surface area contributed by atoms with Crippen LogP contribution in [0.5, 0.6) is 11.6 Å². The highest BCUT2D eigenvalue weighted by Gasteiger charge is 2.27. The van der Waals surface area contributed by atoms with Crippen LogP contribution in [0.4, 0.5) is 5.69 Å². The second-order valence-electron chi connectivity index (χ2n) is 5.61. The van der Waals surface area contributed by atoms with Gasteiger partial charge in [-0.05, 0) is 24.0 Å². The van der Waals surface area contributed by atoms with Crippen LogP contribution in [0.1, 0.15) is 18.7 Å². The molecule has 0 saturated heterocycles. The number of fused-ring (bicyclic) bond motifs is 3. The molecular weight excluding hydrogens is 348 g/mol. The quantitative estimate of drug-likeness (QED) is 0.695. The summed E-state index contributed by atoms with van der Waals surface area (Å²) in [6.07, 6.45) is -0.454. The van der Waals surface area contributed by atoms with Gasteiger partial charge in [0.15, 0.2) is 5.69 Å². The van der Waals surface area contributed by atoms with Crippen LogP contribution in [0.2, 0.25) is 0 Å². The van der Waals surface area contributed by atoms with Gasteiger partial charge in [-0.1, -0.05) is 49.0 Å². The van der Waals surface area contributed by atoms with Gasteiger partial charge in [-0.25, -0.2) is 0 Å². The Balaban J connectivity index is 1.85. The molecule has 0 aliphatic carbocycles. The number of rotatable bonds is 4. The predicted octanol–water partition coefficient (Wildman–Crippen LogP) is 4.16. The third kappa shape index (κ3) is 3.06. The molecule has 0 fully saturated rings. The molecule has 0 bridgehead atoms. The summed E-state index contributed by atoms with van der Waals surface area (Å²) in [6, 6.07) is 15.7. The minimum atomic E-state index is -0.454. The molecule has 2 heterocycles. The average molecular weight is 366 g/mol. The van der Waals surface area contributed by atoms with E-state index >= 15 is 0 Å². The van der Waals surface area contributed by atoms with Gasteiger partial charge >= 0.3 is 0 Å². The van der Waals surface area contributed by atoms with E-state index in [2.05, 4.69) is 27.4 Å². The standard InChI is InChI=1S/C19H18N4O2S/c1-3-26-19-21-18-16(22-23-19)12-8-4-6-10-14(12)20-17(25-18)13-9-5-7-11-15(13)24-2/h4-11,17,20H,3H2,1-2H3/t17-/m0/s1. The van der Waals surface area contributed by atoms with E-state index in [0.717, 1.165) is 28.3 Å². The van der Waals surface area contributed by atoms with E-state index in [0.29, 0.717) is 16.7 Å². The lowest BCUT2D eigenvalue weighted by Crippen LogP contribution is -2.18. The first kappa shape index (κ1) is 16.7. The number of hydrogen-bond donors (Lipinski definition) is 1. The number of thioether (sulfide) groups is 1. The number of ether oxygens (including phenoxy) is 2. The van der Waals surface area contributed by atoms with Crippen LogP contribution in [0.15, 0.2) is 53.7 Å². The van der Waals surface area contributed by atoms with Crippen molar-refractivity contribution in [3.05, 3.63) is 54.1 Å². The van der Waals surface area contributed by atoms with Crippen molar-refractivity contribution in [2.45, 2.75) is 18.3 Å². The van der Waals surface area contributed by atoms with Crippen molar-refractivity contribution in [2.75, 3.05) is 18.2 Å². The van der Waals surface area contributed by atoms with Crippen molar-refractivity contribution < 1.29 is 9.47 Å². The Labute approximate surface area is 156 Å². The molecule has 4 rings (SSSR count). The number of aromatic nitrogens is 3. The molecule has 2 aromatic carbocycles. The summed E-state index contributed by atoms with van der Waals surface area (Å²) in [7, 11) is 1.65. The van der Waals surface area contributed by atoms with Crippen molar-refractivity contribution in [3.8, 4) is 22.9 Å². The van der Waals surface area contributed by atoms with Crippen molar-refractivity contribution >= 4 is 17.4 Å². The largest absolute Gasteiger partial charge is 0.496 e. The number of hydrogen-bond acceptors (Lipinski definition) is 7. The molecule has 7 heteroatoms. The van der Waals surface area contributed by atoms with E-state index in [4.69, 9.17) is 9.47 Å². The fourth-order valence-corrected chi connectivity index (χ4v) is 3.37. The highest BCUT2D eigenvalue weighted by Crippen LogP contribution is 2.40. The number of methoxy groups -OCH3 is 1. The van der Waals surface area contributed by atoms with Crippen LogP contribution >= 0.6 is 11.8 Å². The van der Waals surface area contributed by atoms with E-state index in [1.807, 2.05) is 48.5 Å². The molecule has 0 unspecified atom stereocenters. The van der Waals surface area contributed by atoms with Gasteiger partial charge in [0.2, 0.25) is 17.3 Å². The maximum Gasteiger partial charge on any atom is 0.247 e. The van der Waals surface area contributed by atoms with Crippen molar-refractivity contribution in [1.29, 1.82) is 0 Å². The zero-order valence-corrected chi connectivity index (χ0v) is 15.3. The lowest BCUT2D eigenvalue weighted by atomic mass is 10.1. The summed E-state index contributed by atoms with van der Waals surface area (Å²) in [6.45, 7) is 2.05. The van der Waals surface area contributed by atoms with E-state index < -0.39 is 6.23 Å². The minimum Gasteiger partial charge on any atom is -0.496 e. The molecule has 26 heavy (non-hydrogen) atoms. The lowest BCUT2D eigenvalue weighted by molar-refractivity contribution is 0.220. The fourth-order valence-electron chi connectivity index (χ4n) is 2.86. The predicted molar refractivity (Wildman–Crippen MR) is 102 cm³/mol. The molecule has 1 atom stereocenters. The molecule has 1 aromatic heterocycles. The number of nitrogens with zero attached hydrogens (tertiary/aromatic N) is 3. The maximum absolute atomic E-state index is 6.24. The van der Waals surface area contributed by atoms with E-state index in [1.165, 1.54) is 11.8 Å². The average Bonchev–Trinajstić information content (AvgIpc) is 2.84. The first-order valence-electron chi connectivity index (χ1n) is 8.33. The summed E-state index contributed by atoms with van der Waals surface area (Å²) in [5.74, 6) is 2.08. The van der Waals surface area contributed by atoms with Crippen molar-refractivity contribution in [3.63, 3.8) is 0 Å². The van der Waals surface area contributed by atoms with Gasteiger partial charge in [-0.2, -0.15) is 4.98 Å².